The van der Waals surface area contributed by atoms with Crippen molar-refractivity contribution in [2.45, 2.75) is 26.3 Å². The molecule has 0 radical (unpaired) electrons. The Kier molecular flexibility index (Phi) is 5.39. The summed E-state index contributed by atoms with van der Waals surface area (Å²) in [6.07, 6.45) is 0. The van der Waals surface area contributed by atoms with E-state index in [0.29, 0.717) is 24.2 Å². The van der Waals surface area contributed by atoms with E-state index in [-0.39, 0.29) is 6.61 Å². The SMILES string of the molecule is CC(C)c1nn(-c2ccccc2)c(Cl)c1CN(C)CCO. The molecule has 0 saturated carbocycles. The average molecular weight is 308 g/mol. The minimum Gasteiger partial charge on any atom is -0.395 e. The summed E-state index contributed by atoms with van der Waals surface area (Å²) in [6, 6.07) is 9.90. The van der Waals surface area contributed by atoms with Crippen LogP contribution in [0.3, 0.4) is 0 Å². The molecule has 0 aliphatic carbocycles. The molecule has 2 rings (SSSR count). The van der Waals surface area contributed by atoms with Crippen molar-refractivity contribution in [1.29, 1.82) is 0 Å². The van der Waals surface area contributed by atoms with Crippen LogP contribution in [0.15, 0.2) is 30.3 Å². The number of halogens is 1. The summed E-state index contributed by atoms with van der Waals surface area (Å²) in [4.78, 5) is 2.05. The molecule has 0 atom stereocenters. The quantitative estimate of drug-likeness (QED) is 0.891. The highest BCUT2D eigenvalue weighted by Gasteiger charge is 2.20. The third-order valence-electron chi connectivity index (χ3n) is 3.41. The van der Waals surface area contributed by atoms with E-state index in [1.54, 1.807) is 4.68 Å². The largest absolute Gasteiger partial charge is 0.395 e. The second-order valence-corrected chi connectivity index (χ2v) is 5.88. The van der Waals surface area contributed by atoms with Crippen LogP contribution in [-0.4, -0.2) is 40.0 Å². The number of hydrogen-bond donors (Lipinski definition) is 1. The number of nitrogens with zero attached hydrogens (tertiary/aromatic N) is 3. The van der Waals surface area contributed by atoms with E-state index in [1.165, 1.54) is 0 Å². The van der Waals surface area contributed by atoms with Crippen LogP contribution in [0.25, 0.3) is 5.69 Å². The van der Waals surface area contributed by atoms with Crippen molar-refractivity contribution in [1.82, 2.24) is 14.7 Å². The van der Waals surface area contributed by atoms with Crippen molar-refractivity contribution in [3.63, 3.8) is 0 Å². The Labute approximate surface area is 131 Å². The number of benzene rings is 1. The lowest BCUT2D eigenvalue weighted by Gasteiger charge is -2.16. The lowest BCUT2D eigenvalue weighted by atomic mass is 10.1. The first-order valence-corrected chi connectivity index (χ1v) is 7.54. The molecular weight excluding hydrogens is 286 g/mol. The van der Waals surface area contributed by atoms with Gasteiger partial charge in [-0.1, -0.05) is 43.6 Å². The topological polar surface area (TPSA) is 41.3 Å². The van der Waals surface area contributed by atoms with Gasteiger partial charge in [0.15, 0.2) is 0 Å². The molecule has 2 aromatic rings. The summed E-state index contributed by atoms with van der Waals surface area (Å²) >= 11 is 6.56. The van der Waals surface area contributed by atoms with E-state index in [2.05, 4.69) is 18.9 Å². The monoisotopic (exact) mass is 307 g/mol. The minimum absolute atomic E-state index is 0.137. The lowest BCUT2D eigenvalue weighted by Crippen LogP contribution is -2.22. The molecule has 0 fully saturated rings. The molecule has 1 aromatic heterocycles. The Morgan fingerprint density at radius 1 is 1.29 bits per heavy atom. The van der Waals surface area contributed by atoms with Crippen LogP contribution in [0.1, 0.15) is 31.0 Å². The smallest absolute Gasteiger partial charge is 0.137 e. The third kappa shape index (κ3) is 3.64. The molecule has 0 aliphatic heterocycles. The van der Waals surface area contributed by atoms with Gasteiger partial charge in [-0.05, 0) is 25.1 Å². The van der Waals surface area contributed by atoms with E-state index >= 15 is 0 Å². The van der Waals surface area contributed by atoms with Crippen LogP contribution in [0.2, 0.25) is 5.15 Å². The van der Waals surface area contributed by atoms with Crippen molar-refractivity contribution < 1.29 is 5.11 Å². The summed E-state index contributed by atoms with van der Waals surface area (Å²) in [5, 5.41) is 14.4. The summed E-state index contributed by atoms with van der Waals surface area (Å²) < 4.78 is 1.79. The average Bonchev–Trinajstić information content (AvgIpc) is 2.78. The van der Waals surface area contributed by atoms with Crippen LogP contribution in [0, 0.1) is 0 Å². The van der Waals surface area contributed by atoms with Gasteiger partial charge in [0.2, 0.25) is 0 Å². The molecule has 4 nitrogen and oxygen atoms in total. The molecule has 1 aromatic carbocycles. The van der Waals surface area contributed by atoms with Gasteiger partial charge in [0, 0.05) is 18.7 Å². The third-order valence-corrected chi connectivity index (χ3v) is 3.80. The predicted molar refractivity (Wildman–Crippen MR) is 86.1 cm³/mol. The molecule has 0 spiro atoms. The second kappa shape index (κ2) is 7.07. The van der Waals surface area contributed by atoms with Gasteiger partial charge >= 0.3 is 0 Å². The highest BCUT2D eigenvalue weighted by atomic mass is 35.5. The number of rotatable bonds is 6. The maximum Gasteiger partial charge on any atom is 0.137 e. The summed E-state index contributed by atoms with van der Waals surface area (Å²) in [7, 11) is 1.97. The van der Waals surface area contributed by atoms with Crippen molar-refractivity contribution in [3.8, 4) is 5.69 Å². The van der Waals surface area contributed by atoms with Gasteiger partial charge in [0.05, 0.1) is 18.0 Å². The number of hydrogen-bond acceptors (Lipinski definition) is 3. The minimum atomic E-state index is 0.137. The fraction of sp³-hybridized carbons (Fsp3) is 0.438. The van der Waals surface area contributed by atoms with Crippen LogP contribution < -0.4 is 0 Å². The number of likely N-dealkylation sites (N-methyl/N-ethyl adjacent to an activating group) is 1. The Morgan fingerprint density at radius 3 is 2.52 bits per heavy atom. The van der Waals surface area contributed by atoms with Gasteiger partial charge in [-0.25, -0.2) is 4.68 Å². The van der Waals surface area contributed by atoms with E-state index in [9.17, 15) is 0 Å². The maximum atomic E-state index is 9.05. The molecule has 21 heavy (non-hydrogen) atoms. The Hall–Kier alpha value is -1.36. The predicted octanol–water partition coefficient (Wildman–Crippen LogP) is 3.07. The van der Waals surface area contributed by atoms with Crippen molar-refractivity contribution >= 4 is 11.6 Å². The van der Waals surface area contributed by atoms with Crippen LogP contribution in [0.4, 0.5) is 0 Å². The zero-order valence-corrected chi connectivity index (χ0v) is 13.5. The standard InChI is InChI=1S/C16H22ClN3O/c1-12(2)15-14(11-19(3)9-10-21)16(17)20(18-15)13-7-5-4-6-8-13/h4-8,12,21H,9-11H2,1-3H3. The second-order valence-electron chi connectivity index (χ2n) is 5.52. The Bertz CT molecular complexity index is 581. The highest BCUT2D eigenvalue weighted by molar-refractivity contribution is 6.30. The first-order valence-electron chi connectivity index (χ1n) is 7.16. The Morgan fingerprint density at radius 2 is 1.95 bits per heavy atom. The Balaban J connectivity index is 2.41. The summed E-state index contributed by atoms with van der Waals surface area (Å²) in [5.41, 5.74) is 3.00. The van der Waals surface area contributed by atoms with Gasteiger partial charge in [-0.3, -0.25) is 4.90 Å². The molecule has 0 saturated heterocycles. The van der Waals surface area contributed by atoms with Gasteiger partial charge in [-0.15, -0.1) is 0 Å². The van der Waals surface area contributed by atoms with Crippen molar-refractivity contribution in [3.05, 3.63) is 46.7 Å². The first kappa shape index (κ1) is 16.0. The maximum absolute atomic E-state index is 9.05. The molecule has 1 heterocycles. The van der Waals surface area contributed by atoms with Gasteiger partial charge in [-0.2, -0.15) is 5.10 Å². The molecule has 1 N–H and O–H groups in total. The number of para-hydroxylation sites is 1. The van der Waals surface area contributed by atoms with Crippen LogP contribution in [-0.2, 0) is 6.54 Å². The summed E-state index contributed by atoms with van der Waals surface area (Å²) in [6.45, 7) is 5.66. The molecular formula is C16H22ClN3O. The number of aliphatic hydroxyl groups excluding tert-OH is 1. The van der Waals surface area contributed by atoms with E-state index in [1.807, 2.05) is 42.3 Å². The molecule has 0 bridgehead atoms. The summed E-state index contributed by atoms with van der Waals surface area (Å²) in [5.74, 6) is 0.296. The fourth-order valence-electron chi connectivity index (χ4n) is 2.32. The number of aliphatic hydroxyl groups is 1. The highest BCUT2D eigenvalue weighted by Crippen LogP contribution is 2.29. The van der Waals surface area contributed by atoms with E-state index in [4.69, 9.17) is 16.7 Å². The molecule has 5 heteroatoms. The fourth-order valence-corrected chi connectivity index (χ4v) is 2.61. The van der Waals surface area contributed by atoms with Gasteiger partial charge < -0.3 is 5.11 Å². The zero-order chi connectivity index (χ0) is 15.4. The first-order chi connectivity index (χ1) is 10.0. The van der Waals surface area contributed by atoms with E-state index in [0.717, 1.165) is 16.9 Å². The molecule has 0 unspecified atom stereocenters. The van der Waals surface area contributed by atoms with Crippen molar-refractivity contribution in [2.24, 2.45) is 0 Å². The van der Waals surface area contributed by atoms with Crippen LogP contribution in [0.5, 0.6) is 0 Å². The van der Waals surface area contributed by atoms with Gasteiger partial charge in [0.25, 0.3) is 0 Å². The van der Waals surface area contributed by atoms with Gasteiger partial charge in [0.1, 0.15) is 5.15 Å². The van der Waals surface area contributed by atoms with Crippen LogP contribution >= 0.6 is 11.6 Å². The normalized spacial score (nSPS) is 11.6. The number of aromatic nitrogens is 2. The molecule has 0 aliphatic rings. The van der Waals surface area contributed by atoms with Crippen molar-refractivity contribution in [2.75, 3.05) is 20.2 Å². The molecule has 0 amide bonds. The molecule has 114 valence electrons. The van der Waals surface area contributed by atoms with E-state index < -0.39 is 0 Å². The lowest BCUT2D eigenvalue weighted by molar-refractivity contribution is 0.217. The zero-order valence-electron chi connectivity index (χ0n) is 12.8.